The van der Waals surface area contributed by atoms with Gasteiger partial charge in [-0.1, -0.05) is 18.2 Å². The molecule has 0 amide bonds. The molecule has 0 aliphatic carbocycles. The molecule has 3 rings (SSSR count). The highest BCUT2D eigenvalue weighted by Crippen LogP contribution is 2.48. The third-order valence-electron chi connectivity index (χ3n) is 5.42. The molecule has 0 saturated carbocycles. The minimum absolute atomic E-state index is 0.345. The minimum Gasteiger partial charge on any atom is -0.462 e. The second-order valence-corrected chi connectivity index (χ2v) is 11.7. The van der Waals surface area contributed by atoms with E-state index in [4.69, 9.17) is 40.8 Å². The number of rotatable bonds is 11. The fraction of sp³-hybridized carbons (Fsp3) is 0.500. The molecule has 1 aromatic carbocycles. The Morgan fingerprint density at radius 3 is 2.57 bits per heavy atom. The topological polar surface area (TPSA) is 176 Å². The molecule has 1 aliphatic heterocycles. The molecule has 1 saturated heterocycles. The average Bonchev–Trinajstić information content (AvgIpc) is 3.08. The molecular weight excluding hydrogens is 527 g/mol. The highest BCUT2D eigenvalue weighted by atomic mass is 32.5. The van der Waals surface area contributed by atoms with Crippen LogP contribution in [0, 0.1) is 0 Å². The molecule has 204 valence electrons. The zero-order valence-electron chi connectivity index (χ0n) is 20.7. The Morgan fingerprint density at radius 2 is 1.97 bits per heavy atom. The minimum atomic E-state index is -3.49. The number of methoxy groups -OCH3 is 1. The number of H-pyrrole nitrogens is 1. The number of ether oxygens (including phenoxy) is 3. The lowest BCUT2D eigenvalue weighted by Gasteiger charge is -2.34. The number of aromatic nitrogens is 2. The number of para-hydroxylation sites is 1. The first-order chi connectivity index (χ1) is 17.4. The summed E-state index contributed by atoms with van der Waals surface area (Å²) in [7, 11) is 1.28. The van der Waals surface area contributed by atoms with Gasteiger partial charge < -0.3 is 34.1 Å². The van der Waals surface area contributed by atoms with Gasteiger partial charge >= 0.3 is 18.3 Å². The number of hydrogen-bond acceptors (Lipinski definition) is 11. The number of hydrogen-bond donors (Lipinski definition) is 4. The first-order valence-corrected chi connectivity index (χ1v) is 14.0. The van der Waals surface area contributed by atoms with E-state index in [2.05, 4.69) is 10.1 Å². The smallest absolute Gasteiger partial charge is 0.330 e. The van der Waals surface area contributed by atoms with Crippen LogP contribution in [-0.2, 0) is 35.3 Å². The van der Waals surface area contributed by atoms with Gasteiger partial charge in [0.05, 0.1) is 12.1 Å². The molecule has 1 fully saturated rings. The van der Waals surface area contributed by atoms with E-state index in [1.807, 2.05) is 0 Å². The number of nitrogens with zero attached hydrogens (tertiary/aromatic N) is 1. The van der Waals surface area contributed by atoms with Gasteiger partial charge in [0.25, 0.3) is 5.56 Å². The first kappa shape index (κ1) is 29.1. The van der Waals surface area contributed by atoms with Crippen molar-refractivity contribution in [2.75, 3.05) is 13.7 Å². The predicted molar refractivity (Wildman–Crippen MR) is 136 cm³/mol. The van der Waals surface area contributed by atoms with Crippen LogP contribution < -0.4 is 26.6 Å². The summed E-state index contributed by atoms with van der Waals surface area (Å²) in [6.45, 7) is 1.05. The van der Waals surface area contributed by atoms with Crippen LogP contribution in [0.1, 0.15) is 27.0 Å². The van der Waals surface area contributed by atoms with Gasteiger partial charge in [0, 0.05) is 19.4 Å². The number of aliphatic hydroxyl groups excluding tert-OH is 1. The van der Waals surface area contributed by atoms with Gasteiger partial charge in [0.1, 0.15) is 24.5 Å². The van der Waals surface area contributed by atoms with Crippen LogP contribution in [-0.4, -0.2) is 64.4 Å². The molecule has 0 bridgehead atoms. The Kier molecular flexibility index (Phi) is 9.42. The van der Waals surface area contributed by atoms with Crippen LogP contribution in [0.25, 0.3) is 0 Å². The van der Waals surface area contributed by atoms with Crippen molar-refractivity contribution in [1.29, 1.82) is 0 Å². The number of benzene rings is 1. The number of nitrogens with two attached hydrogens (primary N) is 1. The summed E-state index contributed by atoms with van der Waals surface area (Å²) in [4.78, 5) is 38.2. The van der Waals surface area contributed by atoms with E-state index < -0.39 is 60.7 Å². The van der Waals surface area contributed by atoms with Crippen molar-refractivity contribution in [1.82, 2.24) is 14.6 Å². The first-order valence-electron chi connectivity index (χ1n) is 11.4. The lowest BCUT2D eigenvalue weighted by atomic mass is 10.1. The third-order valence-corrected chi connectivity index (χ3v) is 7.90. The average molecular weight is 559 g/mol. The van der Waals surface area contributed by atoms with Crippen molar-refractivity contribution in [3.05, 3.63) is 63.4 Å². The summed E-state index contributed by atoms with van der Waals surface area (Å²) in [5.74, 6) is -1.95. The largest absolute Gasteiger partial charge is 0.462 e. The van der Waals surface area contributed by atoms with Crippen molar-refractivity contribution < 1.29 is 33.2 Å². The quantitative estimate of drug-likeness (QED) is 0.220. The molecule has 37 heavy (non-hydrogen) atoms. The van der Waals surface area contributed by atoms with E-state index in [1.54, 1.807) is 51.1 Å². The van der Waals surface area contributed by atoms with Crippen LogP contribution >= 0.6 is 6.64 Å². The Bertz CT molecular complexity index is 1240. The van der Waals surface area contributed by atoms with Gasteiger partial charge in [-0.2, -0.15) is 0 Å². The normalized spacial score (nSPS) is 26.0. The number of carbonyl (C=O) groups is 1. The number of aromatic amines is 1. The molecule has 1 unspecified atom stereocenters. The van der Waals surface area contributed by atoms with Gasteiger partial charge in [-0.25, -0.2) is 9.88 Å². The summed E-state index contributed by atoms with van der Waals surface area (Å²) in [6, 6.07) is 7.59. The zero-order chi connectivity index (χ0) is 27.4. The molecule has 1 aromatic heterocycles. The second-order valence-electron chi connectivity index (χ2n) is 8.57. The molecule has 0 spiro atoms. The van der Waals surface area contributed by atoms with Crippen molar-refractivity contribution in [3.8, 4) is 5.75 Å². The molecule has 1 aliphatic rings. The van der Waals surface area contributed by atoms with E-state index in [0.717, 1.165) is 10.6 Å². The van der Waals surface area contributed by atoms with Crippen LogP contribution in [0.2, 0.25) is 0 Å². The molecule has 5 N–H and O–H groups in total. The van der Waals surface area contributed by atoms with Gasteiger partial charge in [-0.3, -0.25) is 19.1 Å². The molecular formula is C22H31N4O9PS. The third kappa shape index (κ3) is 6.92. The maximum Gasteiger partial charge on any atom is 0.330 e. The van der Waals surface area contributed by atoms with Crippen molar-refractivity contribution in [2.45, 2.75) is 57.1 Å². The second kappa shape index (κ2) is 12.0. The van der Waals surface area contributed by atoms with Crippen LogP contribution in [0.4, 0.5) is 0 Å². The van der Waals surface area contributed by atoms with Crippen molar-refractivity contribution in [2.24, 2.45) is 5.73 Å². The summed E-state index contributed by atoms with van der Waals surface area (Å²) < 4.78 is 29.6. The molecule has 15 heteroatoms. The molecule has 0 radical (unpaired) electrons. The Balaban J connectivity index is 1.86. The van der Waals surface area contributed by atoms with Gasteiger partial charge in [0.2, 0.25) is 5.79 Å². The summed E-state index contributed by atoms with van der Waals surface area (Å²) in [6.07, 6.45) is -1.90. The predicted octanol–water partition coefficient (Wildman–Crippen LogP) is 0.346. The molecule has 2 heterocycles. The van der Waals surface area contributed by atoms with Gasteiger partial charge in [-0.15, -0.1) is 0 Å². The standard InChI is InChI=1S/C22H31N4O9PS/c1-13(2)33-20(29)14(3)25-36(37,35-15-8-6-5-7-9-15)32-12-22(31-4)18(23)17(28)19(34-22)26-11-10-16(27)24-21(26)30/h5-11,13-14,17-19,28H,12,23H2,1-4H3,(H,25,37)(H,24,27,30)/t14-,17-,18+,19-,22-,36?/m1/s1. The van der Waals surface area contributed by atoms with E-state index in [-0.39, 0.29) is 6.10 Å². The maximum absolute atomic E-state index is 12.4. The highest BCUT2D eigenvalue weighted by Gasteiger charge is 2.55. The Labute approximate surface area is 218 Å². The zero-order valence-corrected chi connectivity index (χ0v) is 22.4. The number of nitrogens with one attached hydrogen (secondary N) is 2. The van der Waals surface area contributed by atoms with Crippen LogP contribution in [0.5, 0.6) is 5.75 Å². The van der Waals surface area contributed by atoms with Crippen molar-refractivity contribution >= 4 is 24.4 Å². The fourth-order valence-corrected chi connectivity index (χ4v) is 5.92. The molecule has 2 aromatic rings. The number of carbonyl (C=O) groups excluding carboxylic acids is 1. The van der Waals surface area contributed by atoms with E-state index in [9.17, 15) is 19.5 Å². The van der Waals surface area contributed by atoms with Crippen LogP contribution in [0.15, 0.2) is 52.2 Å². The highest BCUT2D eigenvalue weighted by molar-refractivity contribution is 8.09. The van der Waals surface area contributed by atoms with Gasteiger partial charge in [-0.05, 0) is 44.7 Å². The van der Waals surface area contributed by atoms with Gasteiger partial charge in [0.15, 0.2) is 6.23 Å². The SMILES string of the molecule is CO[C@]1(COP(=S)(N[C@H](C)C(=O)OC(C)C)Oc2ccccc2)O[C@@H](n2ccc(=O)[nH]c2=O)[C@H](O)[C@@H]1N. The molecule has 6 atom stereocenters. The summed E-state index contributed by atoms with van der Waals surface area (Å²) in [5.41, 5.74) is 4.81. The molecule has 13 nitrogen and oxygen atoms in total. The maximum atomic E-state index is 12.4. The fourth-order valence-electron chi connectivity index (χ4n) is 3.52. The van der Waals surface area contributed by atoms with Crippen molar-refractivity contribution in [3.63, 3.8) is 0 Å². The van der Waals surface area contributed by atoms with Crippen LogP contribution in [0.3, 0.4) is 0 Å². The van der Waals surface area contributed by atoms with E-state index in [0.29, 0.717) is 5.75 Å². The van der Waals surface area contributed by atoms with E-state index in [1.165, 1.54) is 13.3 Å². The number of aliphatic hydroxyl groups is 1. The number of esters is 1. The van der Waals surface area contributed by atoms with E-state index >= 15 is 0 Å². The Morgan fingerprint density at radius 1 is 1.30 bits per heavy atom. The summed E-state index contributed by atoms with van der Waals surface area (Å²) in [5, 5.41) is 13.7. The summed E-state index contributed by atoms with van der Waals surface area (Å²) >= 11 is 5.69. The lowest BCUT2D eigenvalue weighted by molar-refractivity contribution is -0.244. The lowest BCUT2D eigenvalue weighted by Crippen LogP contribution is -2.54. The Hall–Kier alpha value is -2.42. The monoisotopic (exact) mass is 558 g/mol.